The SMILES string of the molecule is NC(=O)[C@@H]1CCN(C(=O)c2cccc(Oc3ccccc3)c2)C1. The Morgan fingerprint density at radius 1 is 1.04 bits per heavy atom. The van der Waals surface area contributed by atoms with Crippen molar-refractivity contribution in [1.29, 1.82) is 0 Å². The number of carbonyl (C=O) groups excluding carboxylic acids is 2. The van der Waals surface area contributed by atoms with E-state index in [9.17, 15) is 9.59 Å². The molecule has 1 heterocycles. The maximum absolute atomic E-state index is 12.5. The number of nitrogens with zero attached hydrogens (tertiary/aromatic N) is 1. The van der Waals surface area contributed by atoms with Crippen LogP contribution in [0, 0.1) is 5.92 Å². The lowest BCUT2D eigenvalue weighted by Gasteiger charge is -2.16. The van der Waals surface area contributed by atoms with E-state index in [4.69, 9.17) is 10.5 Å². The number of para-hydroxylation sites is 1. The van der Waals surface area contributed by atoms with Gasteiger partial charge in [0.05, 0.1) is 5.92 Å². The molecule has 118 valence electrons. The molecule has 1 aliphatic rings. The van der Waals surface area contributed by atoms with E-state index in [0.717, 1.165) is 0 Å². The second-order valence-electron chi connectivity index (χ2n) is 5.58. The van der Waals surface area contributed by atoms with Gasteiger partial charge in [0, 0.05) is 18.7 Å². The van der Waals surface area contributed by atoms with Crippen molar-refractivity contribution in [2.75, 3.05) is 13.1 Å². The first kappa shape index (κ1) is 15.1. The van der Waals surface area contributed by atoms with Gasteiger partial charge < -0.3 is 15.4 Å². The normalized spacial score (nSPS) is 17.0. The van der Waals surface area contributed by atoms with Gasteiger partial charge in [0.25, 0.3) is 5.91 Å². The van der Waals surface area contributed by atoms with Gasteiger partial charge in [-0.2, -0.15) is 0 Å². The van der Waals surface area contributed by atoms with Crippen molar-refractivity contribution in [3.8, 4) is 11.5 Å². The second-order valence-corrected chi connectivity index (χ2v) is 5.58. The van der Waals surface area contributed by atoms with Crippen LogP contribution in [0.4, 0.5) is 0 Å². The third-order valence-electron chi connectivity index (χ3n) is 3.94. The summed E-state index contributed by atoms with van der Waals surface area (Å²) in [6.07, 6.45) is 0.626. The van der Waals surface area contributed by atoms with Crippen molar-refractivity contribution < 1.29 is 14.3 Å². The Labute approximate surface area is 134 Å². The van der Waals surface area contributed by atoms with Gasteiger partial charge in [0.2, 0.25) is 5.91 Å². The van der Waals surface area contributed by atoms with E-state index in [1.165, 1.54) is 0 Å². The van der Waals surface area contributed by atoms with Crippen LogP contribution in [0.3, 0.4) is 0 Å². The van der Waals surface area contributed by atoms with Crippen molar-refractivity contribution in [3.05, 3.63) is 60.2 Å². The van der Waals surface area contributed by atoms with Crippen LogP contribution in [-0.4, -0.2) is 29.8 Å². The predicted molar refractivity (Wildman–Crippen MR) is 86.2 cm³/mol. The molecule has 0 aliphatic carbocycles. The first-order valence-corrected chi connectivity index (χ1v) is 7.55. The largest absolute Gasteiger partial charge is 0.457 e. The molecule has 0 saturated carbocycles. The van der Waals surface area contributed by atoms with Crippen molar-refractivity contribution >= 4 is 11.8 Å². The van der Waals surface area contributed by atoms with Crippen LogP contribution in [0.15, 0.2) is 54.6 Å². The Bertz CT molecular complexity index is 715. The highest BCUT2D eigenvalue weighted by Gasteiger charge is 2.30. The van der Waals surface area contributed by atoms with Crippen LogP contribution in [-0.2, 0) is 4.79 Å². The molecule has 3 rings (SSSR count). The fourth-order valence-corrected chi connectivity index (χ4v) is 2.68. The number of primary amides is 1. The molecule has 1 aliphatic heterocycles. The van der Waals surface area contributed by atoms with Gasteiger partial charge in [0.1, 0.15) is 11.5 Å². The van der Waals surface area contributed by atoms with Crippen LogP contribution in [0.2, 0.25) is 0 Å². The fraction of sp³-hybridized carbons (Fsp3) is 0.222. The molecular formula is C18H18N2O3. The van der Waals surface area contributed by atoms with E-state index in [0.29, 0.717) is 36.6 Å². The number of likely N-dealkylation sites (tertiary alicyclic amines) is 1. The molecular weight excluding hydrogens is 292 g/mol. The van der Waals surface area contributed by atoms with E-state index in [-0.39, 0.29) is 17.7 Å². The number of ether oxygens (including phenoxy) is 1. The van der Waals surface area contributed by atoms with Gasteiger partial charge in [-0.3, -0.25) is 9.59 Å². The number of carbonyl (C=O) groups is 2. The second kappa shape index (κ2) is 6.52. The number of benzene rings is 2. The summed E-state index contributed by atoms with van der Waals surface area (Å²) in [5.41, 5.74) is 5.86. The van der Waals surface area contributed by atoms with Crippen molar-refractivity contribution in [1.82, 2.24) is 4.90 Å². The highest BCUT2D eigenvalue weighted by Crippen LogP contribution is 2.24. The summed E-state index contributed by atoms with van der Waals surface area (Å²) in [5.74, 6) is 0.621. The average Bonchev–Trinajstić information content (AvgIpc) is 3.06. The smallest absolute Gasteiger partial charge is 0.254 e. The molecule has 2 amide bonds. The zero-order chi connectivity index (χ0) is 16.2. The average molecular weight is 310 g/mol. The molecule has 2 aromatic rings. The summed E-state index contributed by atoms with van der Waals surface area (Å²) in [6.45, 7) is 0.939. The van der Waals surface area contributed by atoms with Crippen LogP contribution in [0.25, 0.3) is 0 Å². The number of rotatable bonds is 4. The maximum Gasteiger partial charge on any atom is 0.254 e. The molecule has 0 unspecified atom stereocenters. The van der Waals surface area contributed by atoms with E-state index in [2.05, 4.69) is 0 Å². The van der Waals surface area contributed by atoms with E-state index in [1.807, 2.05) is 30.3 Å². The van der Waals surface area contributed by atoms with Crippen LogP contribution in [0.5, 0.6) is 11.5 Å². The molecule has 5 heteroatoms. The number of hydrogen-bond donors (Lipinski definition) is 1. The molecule has 1 atom stereocenters. The number of nitrogens with two attached hydrogens (primary N) is 1. The van der Waals surface area contributed by atoms with E-state index in [1.54, 1.807) is 29.2 Å². The van der Waals surface area contributed by atoms with Gasteiger partial charge in [-0.1, -0.05) is 24.3 Å². The summed E-state index contributed by atoms with van der Waals surface area (Å²) in [7, 11) is 0. The molecule has 1 fully saturated rings. The van der Waals surface area contributed by atoms with Gasteiger partial charge >= 0.3 is 0 Å². The van der Waals surface area contributed by atoms with E-state index < -0.39 is 0 Å². The standard InChI is InChI=1S/C18H18N2O3/c19-17(21)14-9-10-20(12-14)18(22)13-5-4-8-16(11-13)23-15-6-2-1-3-7-15/h1-8,11,14H,9-10,12H2,(H2,19,21)/t14-/m1/s1. The van der Waals surface area contributed by atoms with Gasteiger partial charge in [-0.25, -0.2) is 0 Å². The first-order chi connectivity index (χ1) is 11.1. The molecule has 1 saturated heterocycles. The highest BCUT2D eigenvalue weighted by molar-refractivity contribution is 5.95. The number of hydrogen-bond acceptors (Lipinski definition) is 3. The van der Waals surface area contributed by atoms with Crippen LogP contribution in [0.1, 0.15) is 16.8 Å². The van der Waals surface area contributed by atoms with Crippen LogP contribution >= 0.6 is 0 Å². The maximum atomic E-state index is 12.5. The minimum atomic E-state index is -0.346. The molecule has 2 aromatic carbocycles. The summed E-state index contributed by atoms with van der Waals surface area (Å²) in [4.78, 5) is 25.4. The van der Waals surface area contributed by atoms with Crippen molar-refractivity contribution in [2.45, 2.75) is 6.42 Å². The highest BCUT2D eigenvalue weighted by atomic mass is 16.5. The topological polar surface area (TPSA) is 72.6 Å². The van der Waals surface area contributed by atoms with Crippen molar-refractivity contribution in [2.24, 2.45) is 11.7 Å². The summed E-state index contributed by atoms with van der Waals surface area (Å²) in [5, 5.41) is 0. The number of amides is 2. The summed E-state index contributed by atoms with van der Waals surface area (Å²) < 4.78 is 5.75. The third-order valence-corrected chi connectivity index (χ3v) is 3.94. The summed E-state index contributed by atoms with van der Waals surface area (Å²) in [6, 6.07) is 16.4. The lowest BCUT2D eigenvalue weighted by Crippen LogP contribution is -2.31. The first-order valence-electron chi connectivity index (χ1n) is 7.55. The quantitative estimate of drug-likeness (QED) is 0.942. The Morgan fingerprint density at radius 3 is 2.48 bits per heavy atom. The van der Waals surface area contributed by atoms with Gasteiger partial charge in [-0.15, -0.1) is 0 Å². The molecule has 2 N–H and O–H groups in total. The lowest BCUT2D eigenvalue weighted by atomic mass is 10.1. The molecule has 23 heavy (non-hydrogen) atoms. The summed E-state index contributed by atoms with van der Waals surface area (Å²) >= 11 is 0. The minimum absolute atomic E-state index is 0.104. The van der Waals surface area contributed by atoms with E-state index >= 15 is 0 Å². The monoisotopic (exact) mass is 310 g/mol. The predicted octanol–water partition coefficient (Wildman–Crippen LogP) is 2.43. The molecule has 0 spiro atoms. The Morgan fingerprint density at radius 2 is 1.78 bits per heavy atom. The third kappa shape index (κ3) is 3.51. The Kier molecular flexibility index (Phi) is 4.28. The van der Waals surface area contributed by atoms with Crippen LogP contribution < -0.4 is 10.5 Å². The lowest BCUT2D eigenvalue weighted by molar-refractivity contribution is -0.121. The molecule has 0 radical (unpaired) electrons. The van der Waals surface area contributed by atoms with Crippen molar-refractivity contribution in [3.63, 3.8) is 0 Å². The zero-order valence-corrected chi connectivity index (χ0v) is 12.6. The Hall–Kier alpha value is -2.82. The Balaban J connectivity index is 1.72. The molecule has 5 nitrogen and oxygen atoms in total. The van der Waals surface area contributed by atoms with Gasteiger partial charge in [0.15, 0.2) is 0 Å². The zero-order valence-electron chi connectivity index (χ0n) is 12.6. The fourth-order valence-electron chi connectivity index (χ4n) is 2.68. The van der Waals surface area contributed by atoms with Gasteiger partial charge in [-0.05, 0) is 36.8 Å². The minimum Gasteiger partial charge on any atom is -0.457 e. The molecule has 0 aromatic heterocycles. The molecule has 0 bridgehead atoms.